The molecule has 0 radical (unpaired) electrons. The van der Waals surface area contributed by atoms with Gasteiger partial charge >= 0.3 is 6.18 Å². The molecule has 0 saturated carbocycles. The molecule has 1 aliphatic rings. The summed E-state index contributed by atoms with van der Waals surface area (Å²) >= 11 is 6.07. The van der Waals surface area contributed by atoms with E-state index >= 15 is 0 Å². The summed E-state index contributed by atoms with van der Waals surface area (Å²) in [6.45, 7) is 2.81. The molecule has 2 aromatic heterocycles. The number of rotatable bonds is 6. The van der Waals surface area contributed by atoms with Gasteiger partial charge in [0.05, 0.1) is 10.6 Å². The Morgan fingerprint density at radius 3 is 2.59 bits per heavy atom. The zero-order valence-corrected chi connectivity index (χ0v) is 19.8. The number of benzene rings is 1. The van der Waals surface area contributed by atoms with Crippen molar-refractivity contribution in [3.8, 4) is 0 Å². The van der Waals surface area contributed by atoms with Crippen LogP contribution in [-0.4, -0.2) is 54.1 Å². The van der Waals surface area contributed by atoms with Gasteiger partial charge in [-0.2, -0.15) is 13.2 Å². The van der Waals surface area contributed by atoms with Gasteiger partial charge < -0.3 is 19.7 Å². The molecule has 10 heteroatoms. The van der Waals surface area contributed by atoms with E-state index in [2.05, 4.69) is 26.0 Å². The topological polar surface area (TPSA) is 53.4 Å². The third-order valence-corrected chi connectivity index (χ3v) is 6.42. The number of hydrogen-bond acceptors (Lipinski definition) is 4. The van der Waals surface area contributed by atoms with Gasteiger partial charge in [-0.05, 0) is 57.3 Å². The van der Waals surface area contributed by atoms with Crippen LogP contribution in [-0.2, 0) is 17.5 Å². The Hall–Kier alpha value is -2.78. The van der Waals surface area contributed by atoms with Crippen LogP contribution in [0.3, 0.4) is 0 Å². The molecule has 6 nitrogen and oxygen atoms in total. The Balaban J connectivity index is 1.35. The maximum Gasteiger partial charge on any atom is 0.417 e. The van der Waals surface area contributed by atoms with Gasteiger partial charge in [-0.15, -0.1) is 0 Å². The number of anilines is 2. The lowest BCUT2D eigenvalue weighted by Gasteiger charge is -2.32. The minimum Gasteiger partial charge on any atom is -0.355 e. The number of hydrogen-bond donors (Lipinski definition) is 1. The zero-order valence-electron chi connectivity index (χ0n) is 19.1. The molecule has 1 aromatic carbocycles. The molecule has 3 aromatic rings. The van der Waals surface area contributed by atoms with Gasteiger partial charge in [0.25, 0.3) is 0 Å². The molecule has 0 unspecified atom stereocenters. The van der Waals surface area contributed by atoms with Crippen molar-refractivity contribution in [2.45, 2.75) is 25.6 Å². The number of nitrogens with zero attached hydrogens (tertiary/aromatic N) is 4. The second-order valence-corrected chi connectivity index (χ2v) is 9.27. The average molecular weight is 494 g/mol. The van der Waals surface area contributed by atoms with E-state index in [0.717, 1.165) is 41.9 Å². The minimum absolute atomic E-state index is 0.0384. The van der Waals surface area contributed by atoms with Crippen LogP contribution < -0.4 is 10.2 Å². The molecule has 4 rings (SSSR count). The number of likely N-dealkylation sites (N-methyl/N-ethyl adjacent to an activating group) is 1. The summed E-state index contributed by atoms with van der Waals surface area (Å²) in [6, 6.07) is 8.84. The van der Waals surface area contributed by atoms with E-state index in [4.69, 9.17) is 11.6 Å². The van der Waals surface area contributed by atoms with Crippen molar-refractivity contribution in [2.75, 3.05) is 43.9 Å². The summed E-state index contributed by atoms with van der Waals surface area (Å²) in [5.74, 6) is 0.0696. The second-order valence-electron chi connectivity index (χ2n) is 8.86. The number of carbonyl (C=O) groups is 1. The van der Waals surface area contributed by atoms with Crippen molar-refractivity contribution in [1.82, 2.24) is 14.5 Å². The maximum atomic E-state index is 12.9. The number of piperidine rings is 1. The number of aromatic nitrogens is 2. The Labute approximate surface area is 201 Å². The van der Waals surface area contributed by atoms with E-state index in [0.29, 0.717) is 31.7 Å². The van der Waals surface area contributed by atoms with Crippen molar-refractivity contribution < 1.29 is 18.0 Å². The highest BCUT2D eigenvalue weighted by molar-refractivity contribution is 6.33. The molecule has 182 valence electrons. The highest BCUT2D eigenvalue weighted by atomic mass is 35.5. The van der Waals surface area contributed by atoms with Crippen LogP contribution in [0.2, 0.25) is 5.02 Å². The first-order valence-corrected chi connectivity index (χ1v) is 11.5. The van der Waals surface area contributed by atoms with Gasteiger partial charge in [0, 0.05) is 61.1 Å². The van der Waals surface area contributed by atoms with Crippen molar-refractivity contribution in [3.63, 3.8) is 0 Å². The standard InChI is InChI=1S/C24H27ClF3N5O/c1-31(2)11-12-32-8-7-17-13-19(3-4-21(17)32)30-23(34)16-5-9-33(10-6-16)22-20(25)14-18(15-29-22)24(26,27)28/h3-4,7-8,13-16H,5-6,9-12H2,1-2H3,(H,30,34). The summed E-state index contributed by atoms with van der Waals surface area (Å²) in [6.07, 6.45) is -0.514. The van der Waals surface area contributed by atoms with E-state index in [9.17, 15) is 18.0 Å². The first kappa shape index (κ1) is 24.3. The molecule has 1 saturated heterocycles. The zero-order chi connectivity index (χ0) is 24.5. The molecule has 3 heterocycles. The number of carbonyl (C=O) groups excluding carboxylic acids is 1. The maximum absolute atomic E-state index is 12.9. The molecule has 0 spiro atoms. The third-order valence-electron chi connectivity index (χ3n) is 6.14. The minimum atomic E-state index is -4.49. The SMILES string of the molecule is CN(C)CCn1ccc2cc(NC(=O)C3CCN(c4ncc(C(F)(F)F)cc4Cl)CC3)ccc21. The summed E-state index contributed by atoms with van der Waals surface area (Å²) in [7, 11) is 4.08. The second kappa shape index (κ2) is 9.84. The Morgan fingerprint density at radius 1 is 1.21 bits per heavy atom. The molecule has 0 atom stereocenters. The monoisotopic (exact) mass is 493 g/mol. The van der Waals surface area contributed by atoms with Crippen molar-refractivity contribution in [1.29, 1.82) is 0 Å². The van der Waals surface area contributed by atoms with Gasteiger partial charge in [0.15, 0.2) is 0 Å². The molecule has 0 bridgehead atoms. The molecule has 1 N–H and O–H groups in total. The fourth-order valence-electron chi connectivity index (χ4n) is 4.20. The normalized spacial score (nSPS) is 15.3. The molecule has 34 heavy (non-hydrogen) atoms. The Kier molecular flexibility index (Phi) is 7.04. The van der Waals surface area contributed by atoms with Crippen molar-refractivity contribution in [3.05, 3.63) is 53.3 Å². The van der Waals surface area contributed by atoms with E-state index < -0.39 is 11.7 Å². The van der Waals surface area contributed by atoms with Crippen LogP contribution in [0, 0.1) is 5.92 Å². The Bertz CT molecular complexity index is 1170. The number of fused-ring (bicyclic) bond motifs is 1. The van der Waals surface area contributed by atoms with Crippen molar-refractivity contribution in [2.24, 2.45) is 5.92 Å². The summed E-state index contributed by atoms with van der Waals surface area (Å²) in [5.41, 5.74) is 0.993. The lowest BCUT2D eigenvalue weighted by Crippen LogP contribution is -2.38. The molecule has 1 amide bonds. The fourth-order valence-corrected chi connectivity index (χ4v) is 4.48. The summed E-state index contributed by atoms with van der Waals surface area (Å²) in [5, 5.41) is 4.04. The largest absolute Gasteiger partial charge is 0.417 e. The fraction of sp³-hybridized carbons (Fsp3) is 0.417. The van der Waals surface area contributed by atoms with Gasteiger partial charge in [-0.1, -0.05) is 11.6 Å². The highest BCUT2D eigenvalue weighted by Gasteiger charge is 2.33. The molecule has 0 aliphatic carbocycles. The van der Waals surface area contributed by atoms with E-state index in [1.807, 2.05) is 43.3 Å². The number of pyridine rings is 1. The van der Waals surface area contributed by atoms with Crippen LogP contribution in [0.15, 0.2) is 42.7 Å². The average Bonchev–Trinajstić information content (AvgIpc) is 3.19. The number of halogens is 4. The van der Waals surface area contributed by atoms with Crippen LogP contribution in [0.4, 0.5) is 24.7 Å². The first-order chi connectivity index (χ1) is 16.1. The lowest BCUT2D eigenvalue weighted by molar-refractivity contribution is -0.137. The van der Waals surface area contributed by atoms with E-state index in [-0.39, 0.29) is 16.8 Å². The molecular formula is C24H27ClF3N5O. The van der Waals surface area contributed by atoms with Gasteiger partial charge in [-0.3, -0.25) is 4.79 Å². The van der Waals surface area contributed by atoms with Gasteiger partial charge in [-0.25, -0.2) is 4.98 Å². The summed E-state index contributed by atoms with van der Waals surface area (Å²) < 4.78 is 40.7. The van der Waals surface area contributed by atoms with Crippen LogP contribution in [0.5, 0.6) is 0 Å². The van der Waals surface area contributed by atoms with Crippen LogP contribution in [0.1, 0.15) is 18.4 Å². The number of alkyl halides is 3. The predicted molar refractivity (Wildman–Crippen MR) is 128 cm³/mol. The van der Waals surface area contributed by atoms with Crippen LogP contribution in [0.25, 0.3) is 10.9 Å². The molecule has 1 aliphatic heterocycles. The number of nitrogens with one attached hydrogen (secondary N) is 1. The highest BCUT2D eigenvalue weighted by Crippen LogP contribution is 2.35. The lowest BCUT2D eigenvalue weighted by atomic mass is 9.95. The van der Waals surface area contributed by atoms with Crippen LogP contribution >= 0.6 is 11.6 Å². The Morgan fingerprint density at radius 2 is 1.94 bits per heavy atom. The van der Waals surface area contributed by atoms with E-state index in [1.165, 1.54) is 0 Å². The van der Waals surface area contributed by atoms with Crippen molar-refractivity contribution >= 4 is 39.9 Å². The smallest absolute Gasteiger partial charge is 0.355 e. The molecule has 1 fully saturated rings. The van der Waals surface area contributed by atoms with Gasteiger partial charge in [0.1, 0.15) is 5.82 Å². The van der Waals surface area contributed by atoms with E-state index in [1.54, 1.807) is 0 Å². The summed E-state index contributed by atoms with van der Waals surface area (Å²) in [4.78, 5) is 20.7. The molecular weight excluding hydrogens is 467 g/mol. The first-order valence-electron chi connectivity index (χ1n) is 11.1. The van der Waals surface area contributed by atoms with Gasteiger partial charge in [0.2, 0.25) is 5.91 Å². The predicted octanol–water partition coefficient (Wildman–Crippen LogP) is 5.13. The number of amides is 1. The quantitative estimate of drug-likeness (QED) is 0.517. The third kappa shape index (κ3) is 5.47.